The topological polar surface area (TPSA) is 114 Å². The molecule has 1 aliphatic rings. The Bertz CT molecular complexity index is 800. The molecule has 0 bridgehead atoms. The number of rotatable bonds is 5. The number of aromatic nitrogens is 1. The average molecular weight is 331 g/mol. The van der Waals surface area contributed by atoms with Crippen molar-refractivity contribution in [3.63, 3.8) is 0 Å². The third-order valence-corrected chi connectivity index (χ3v) is 4.48. The second kappa shape index (κ2) is 6.31. The summed E-state index contributed by atoms with van der Waals surface area (Å²) in [5.41, 5.74) is 1.57. The van der Waals surface area contributed by atoms with Gasteiger partial charge in [0.05, 0.1) is 18.9 Å². The number of amides is 1. The van der Waals surface area contributed by atoms with Gasteiger partial charge >= 0.3 is 5.97 Å². The summed E-state index contributed by atoms with van der Waals surface area (Å²) in [6.07, 6.45) is 1.89. The molecule has 0 spiro atoms. The first kappa shape index (κ1) is 16.0. The molecule has 1 amide bonds. The lowest BCUT2D eigenvalue weighted by Gasteiger charge is -2.17. The zero-order valence-corrected chi connectivity index (χ0v) is 13.0. The normalized spacial score (nSPS) is 21.5. The summed E-state index contributed by atoms with van der Waals surface area (Å²) in [5.74, 6) is -2.17. The maximum Gasteiger partial charge on any atom is 0.328 e. The van der Waals surface area contributed by atoms with Gasteiger partial charge in [-0.3, -0.25) is 14.9 Å². The number of carbonyl (C=O) groups is 2. The minimum absolute atomic E-state index is 0.184. The van der Waals surface area contributed by atoms with E-state index in [1.807, 2.05) is 24.3 Å². The standard InChI is InChI=1S/C16H17N3O5/c1-24-16(21)14-6-10(15(20)18-14)12(8-19(22)23)11-7-17-13-5-3-2-4-9(11)13/h2-5,7,10,12,14,17H,6,8H2,1H3,(H,18,20)/t10?,12?,14-/m0/s1. The van der Waals surface area contributed by atoms with Crippen molar-refractivity contribution in [2.75, 3.05) is 13.7 Å². The van der Waals surface area contributed by atoms with Crippen molar-refractivity contribution in [3.05, 3.63) is 46.1 Å². The van der Waals surface area contributed by atoms with E-state index in [2.05, 4.69) is 15.0 Å². The molecule has 8 nitrogen and oxygen atoms in total. The second-order valence-electron chi connectivity index (χ2n) is 5.84. The fourth-order valence-corrected chi connectivity index (χ4v) is 3.35. The number of para-hydroxylation sites is 1. The SMILES string of the molecule is COC(=O)[C@@H]1CC(C(C[N+](=O)[O-])c2c[nH]c3ccccc23)C(=O)N1. The van der Waals surface area contributed by atoms with Gasteiger partial charge in [0.15, 0.2) is 0 Å². The van der Waals surface area contributed by atoms with E-state index in [9.17, 15) is 19.7 Å². The number of fused-ring (bicyclic) bond motifs is 1. The van der Waals surface area contributed by atoms with Crippen molar-refractivity contribution in [2.45, 2.75) is 18.4 Å². The lowest BCUT2D eigenvalue weighted by molar-refractivity contribution is -0.484. The van der Waals surface area contributed by atoms with E-state index < -0.39 is 28.8 Å². The molecule has 0 radical (unpaired) electrons. The molecule has 2 heterocycles. The van der Waals surface area contributed by atoms with Gasteiger partial charge in [-0.05, 0) is 18.1 Å². The van der Waals surface area contributed by atoms with Crippen LogP contribution >= 0.6 is 0 Å². The Labute approximate surface area is 137 Å². The molecule has 1 aromatic heterocycles. The molecule has 0 saturated carbocycles. The third-order valence-electron chi connectivity index (χ3n) is 4.48. The van der Waals surface area contributed by atoms with Crippen LogP contribution < -0.4 is 5.32 Å². The smallest absolute Gasteiger partial charge is 0.328 e. The Hall–Kier alpha value is -2.90. The summed E-state index contributed by atoms with van der Waals surface area (Å²) in [5, 5.41) is 14.6. The summed E-state index contributed by atoms with van der Waals surface area (Å²) in [4.78, 5) is 37.8. The molecule has 24 heavy (non-hydrogen) atoms. The largest absolute Gasteiger partial charge is 0.467 e. The van der Waals surface area contributed by atoms with Crippen molar-refractivity contribution in [2.24, 2.45) is 5.92 Å². The first-order chi connectivity index (χ1) is 11.5. The minimum atomic E-state index is -0.757. The van der Waals surface area contributed by atoms with E-state index >= 15 is 0 Å². The quantitative estimate of drug-likeness (QED) is 0.485. The maximum atomic E-state index is 12.3. The fraction of sp³-hybridized carbons (Fsp3) is 0.375. The van der Waals surface area contributed by atoms with Gasteiger partial charge < -0.3 is 15.0 Å². The molecule has 126 valence electrons. The number of carbonyl (C=O) groups excluding carboxylic acids is 2. The van der Waals surface area contributed by atoms with Crippen LogP contribution in [0, 0.1) is 16.0 Å². The molecule has 2 N–H and O–H groups in total. The highest BCUT2D eigenvalue weighted by Gasteiger charge is 2.44. The van der Waals surface area contributed by atoms with Crippen LogP contribution in [-0.2, 0) is 14.3 Å². The predicted octanol–water partition coefficient (Wildman–Crippen LogP) is 1.21. The predicted molar refractivity (Wildman–Crippen MR) is 85.0 cm³/mol. The lowest BCUT2D eigenvalue weighted by Crippen LogP contribution is -2.34. The molecule has 1 fully saturated rings. The number of methoxy groups -OCH3 is 1. The van der Waals surface area contributed by atoms with Gasteiger partial charge in [0.1, 0.15) is 6.04 Å². The zero-order valence-electron chi connectivity index (χ0n) is 13.0. The first-order valence-corrected chi connectivity index (χ1v) is 7.57. The molecule has 1 aliphatic heterocycles. The number of H-pyrrole nitrogens is 1. The number of nitrogens with one attached hydrogen (secondary N) is 2. The van der Waals surface area contributed by atoms with Gasteiger partial charge in [-0.2, -0.15) is 0 Å². The van der Waals surface area contributed by atoms with Gasteiger partial charge in [0.25, 0.3) is 0 Å². The van der Waals surface area contributed by atoms with Gasteiger partial charge in [-0.1, -0.05) is 18.2 Å². The fourth-order valence-electron chi connectivity index (χ4n) is 3.35. The van der Waals surface area contributed by atoms with Gasteiger partial charge in [-0.15, -0.1) is 0 Å². The monoisotopic (exact) mass is 331 g/mol. The number of benzene rings is 1. The summed E-state index contributed by atoms with van der Waals surface area (Å²) >= 11 is 0. The Morgan fingerprint density at radius 3 is 2.92 bits per heavy atom. The van der Waals surface area contributed by atoms with Crippen molar-refractivity contribution < 1.29 is 19.2 Å². The van der Waals surface area contributed by atoms with Crippen LogP contribution in [0.1, 0.15) is 17.9 Å². The number of hydrogen-bond donors (Lipinski definition) is 2. The Morgan fingerprint density at radius 2 is 2.21 bits per heavy atom. The third kappa shape index (κ3) is 2.82. The van der Waals surface area contributed by atoms with Crippen molar-refractivity contribution in [1.82, 2.24) is 10.3 Å². The van der Waals surface area contributed by atoms with E-state index in [4.69, 9.17) is 0 Å². The van der Waals surface area contributed by atoms with Gasteiger partial charge in [-0.25, -0.2) is 4.79 Å². The highest BCUT2D eigenvalue weighted by molar-refractivity contribution is 5.91. The Morgan fingerprint density at radius 1 is 1.46 bits per heavy atom. The van der Waals surface area contributed by atoms with Crippen LogP contribution in [0.3, 0.4) is 0 Å². The lowest BCUT2D eigenvalue weighted by atomic mass is 9.84. The molecule has 1 aromatic carbocycles. The van der Waals surface area contributed by atoms with Crippen LogP contribution in [0.25, 0.3) is 10.9 Å². The summed E-state index contributed by atoms with van der Waals surface area (Å²) in [7, 11) is 1.25. The number of ether oxygens (including phenoxy) is 1. The van der Waals surface area contributed by atoms with Crippen molar-refractivity contribution in [1.29, 1.82) is 0 Å². The maximum absolute atomic E-state index is 12.3. The number of aromatic amines is 1. The molecule has 8 heteroatoms. The highest BCUT2D eigenvalue weighted by atomic mass is 16.6. The molecule has 3 atom stereocenters. The van der Waals surface area contributed by atoms with Crippen molar-refractivity contribution >= 4 is 22.8 Å². The first-order valence-electron chi connectivity index (χ1n) is 7.57. The molecule has 2 aromatic rings. The van der Waals surface area contributed by atoms with E-state index in [0.29, 0.717) is 5.56 Å². The Kier molecular flexibility index (Phi) is 4.20. The molecular formula is C16H17N3O5. The average Bonchev–Trinajstić information content (AvgIpc) is 3.15. The second-order valence-corrected chi connectivity index (χ2v) is 5.84. The highest BCUT2D eigenvalue weighted by Crippen LogP contribution is 2.36. The number of hydrogen-bond acceptors (Lipinski definition) is 5. The van der Waals surface area contributed by atoms with E-state index in [-0.39, 0.29) is 18.9 Å². The number of esters is 1. The number of nitro groups is 1. The summed E-state index contributed by atoms with van der Waals surface area (Å²) in [6, 6.07) is 6.68. The zero-order chi connectivity index (χ0) is 17.3. The van der Waals surface area contributed by atoms with Crippen LogP contribution in [0.4, 0.5) is 0 Å². The number of nitrogens with zero attached hydrogens (tertiary/aromatic N) is 1. The van der Waals surface area contributed by atoms with Gasteiger partial charge in [0, 0.05) is 22.0 Å². The Balaban J connectivity index is 1.97. The molecule has 2 unspecified atom stereocenters. The van der Waals surface area contributed by atoms with Crippen LogP contribution in [0.15, 0.2) is 30.5 Å². The van der Waals surface area contributed by atoms with Crippen molar-refractivity contribution in [3.8, 4) is 0 Å². The molecular weight excluding hydrogens is 314 g/mol. The molecule has 3 rings (SSSR count). The van der Waals surface area contributed by atoms with E-state index in [1.54, 1.807) is 6.20 Å². The summed E-state index contributed by atoms with van der Waals surface area (Å²) < 4.78 is 4.66. The molecule has 1 saturated heterocycles. The van der Waals surface area contributed by atoms with E-state index in [1.165, 1.54) is 7.11 Å². The van der Waals surface area contributed by atoms with Gasteiger partial charge in [0.2, 0.25) is 12.5 Å². The van der Waals surface area contributed by atoms with Crippen LogP contribution in [-0.4, -0.2) is 41.5 Å². The van der Waals surface area contributed by atoms with Crippen LogP contribution in [0.2, 0.25) is 0 Å². The van der Waals surface area contributed by atoms with Crippen LogP contribution in [0.5, 0.6) is 0 Å². The minimum Gasteiger partial charge on any atom is -0.467 e. The summed E-state index contributed by atoms with van der Waals surface area (Å²) in [6.45, 7) is -0.381. The molecule has 0 aliphatic carbocycles. The van der Waals surface area contributed by atoms with E-state index in [0.717, 1.165) is 10.9 Å².